The van der Waals surface area contributed by atoms with Gasteiger partial charge in [0, 0.05) is 17.2 Å². The number of carboxylic acids is 1. The molecule has 0 aliphatic heterocycles. The van der Waals surface area contributed by atoms with Crippen LogP contribution >= 0.6 is 0 Å². The Hall–Kier alpha value is -2.30. The van der Waals surface area contributed by atoms with Gasteiger partial charge in [0.05, 0.1) is 5.92 Å². The van der Waals surface area contributed by atoms with Crippen LogP contribution in [0.15, 0.2) is 30.4 Å². The lowest BCUT2D eigenvalue weighted by molar-refractivity contribution is -0.140. The number of phenolic OH excluding ortho intramolecular Hbond substituents is 1. The van der Waals surface area contributed by atoms with Crippen LogP contribution in [0, 0.1) is 12.8 Å². The largest absolute Gasteiger partial charge is 0.508 e. The summed E-state index contributed by atoms with van der Waals surface area (Å²) in [5.74, 6) is -1.68. The average Bonchev–Trinajstić information content (AvgIpc) is 2.81. The molecule has 0 bridgehead atoms. The van der Waals surface area contributed by atoms with Gasteiger partial charge in [-0.3, -0.25) is 9.59 Å². The van der Waals surface area contributed by atoms with Crippen LogP contribution in [0.3, 0.4) is 0 Å². The second-order valence-electron chi connectivity index (χ2n) is 4.59. The van der Waals surface area contributed by atoms with Gasteiger partial charge in [-0.05, 0) is 25.5 Å². The zero-order valence-corrected chi connectivity index (χ0v) is 10.5. The molecule has 100 valence electrons. The molecular weight excluding hydrogens is 246 g/mol. The highest BCUT2D eigenvalue weighted by molar-refractivity contribution is 5.96. The van der Waals surface area contributed by atoms with Gasteiger partial charge < -0.3 is 15.5 Å². The minimum absolute atomic E-state index is 0.0676. The number of nitrogens with one attached hydrogen (secondary N) is 1. The van der Waals surface area contributed by atoms with Crippen molar-refractivity contribution in [1.82, 2.24) is 5.32 Å². The molecule has 0 saturated carbocycles. The molecule has 1 aromatic carbocycles. The summed E-state index contributed by atoms with van der Waals surface area (Å²) >= 11 is 0. The molecular formula is C14H15NO4. The molecule has 1 aromatic rings. The normalized spacial score (nSPS) is 21.3. The summed E-state index contributed by atoms with van der Waals surface area (Å²) in [7, 11) is 0. The van der Waals surface area contributed by atoms with Crippen molar-refractivity contribution in [1.29, 1.82) is 0 Å². The van der Waals surface area contributed by atoms with Gasteiger partial charge >= 0.3 is 5.97 Å². The molecule has 1 aliphatic rings. The number of amides is 1. The molecule has 1 amide bonds. The quantitative estimate of drug-likeness (QED) is 0.719. The number of hydrogen-bond acceptors (Lipinski definition) is 3. The standard InChI is InChI=1S/C14H15NO4/c1-8-11(3-2-4-12(8)16)13(17)15-10-6-5-9(7-10)14(18)19/h2-6,9-10,16H,7H2,1H3,(H,15,17)(H,18,19). The zero-order chi connectivity index (χ0) is 14.0. The lowest BCUT2D eigenvalue weighted by atomic mass is 10.1. The van der Waals surface area contributed by atoms with Crippen molar-refractivity contribution in [2.75, 3.05) is 0 Å². The Kier molecular flexibility index (Phi) is 3.55. The summed E-state index contributed by atoms with van der Waals surface area (Å²) in [6.45, 7) is 1.66. The van der Waals surface area contributed by atoms with Crippen molar-refractivity contribution in [2.45, 2.75) is 19.4 Å². The number of carbonyl (C=O) groups excluding carboxylic acids is 1. The number of aliphatic carboxylic acids is 1. The van der Waals surface area contributed by atoms with Crippen molar-refractivity contribution >= 4 is 11.9 Å². The number of phenols is 1. The monoisotopic (exact) mass is 261 g/mol. The van der Waals surface area contributed by atoms with Crippen LogP contribution in [0.5, 0.6) is 5.75 Å². The zero-order valence-electron chi connectivity index (χ0n) is 10.5. The van der Waals surface area contributed by atoms with Gasteiger partial charge in [0.25, 0.3) is 5.91 Å². The number of carboxylic acid groups (broad SMARTS) is 1. The molecule has 1 aliphatic carbocycles. The number of benzene rings is 1. The maximum Gasteiger partial charge on any atom is 0.310 e. The lowest BCUT2D eigenvalue weighted by Gasteiger charge is -2.13. The van der Waals surface area contributed by atoms with Crippen molar-refractivity contribution in [3.05, 3.63) is 41.5 Å². The van der Waals surface area contributed by atoms with Crippen LogP contribution in [-0.2, 0) is 4.79 Å². The molecule has 5 heteroatoms. The fourth-order valence-electron chi connectivity index (χ4n) is 2.10. The molecule has 3 N–H and O–H groups in total. The van der Waals surface area contributed by atoms with E-state index in [0.29, 0.717) is 17.5 Å². The Morgan fingerprint density at radius 1 is 1.32 bits per heavy atom. The number of rotatable bonds is 3. The van der Waals surface area contributed by atoms with E-state index in [1.54, 1.807) is 31.2 Å². The summed E-state index contributed by atoms with van der Waals surface area (Å²) in [4.78, 5) is 22.9. The van der Waals surface area contributed by atoms with Crippen molar-refractivity contribution in [2.24, 2.45) is 5.92 Å². The maximum absolute atomic E-state index is 12.0. The van der Waals surface area contributed by atoms with Gasteiger partial charge in [0.15, 0.2) is 0 Å². The van der Waals surface area contributed by atoms with E-state index in [1.165, 1.54) is 6.07 Å². The number of hydrogen-bond donors (Lipinski definition) is 3. The third-order valence-electron chi connectivity index (χ3n) is 3.27. The van der Waals surface area contributed by atoms with Crippen molar-refractivity contribution < 1.29 is 19.8 Å². The molecule has 2 rings (SSSR count). The maximum atomic E-state index is 12.0. The number of aromatic hydroxyl groups is 1. The molecule has 2 atom stereocenters. The molecule has 5 nitrogen and oxygen atoms in total. The van der Waals surface area contributed by atoms with Gasteiger partial charge in [-0.15, -0.1) is 0 Å². The first-order valence-corrected chi connectivity index (χ1v) is 5.99. The van der Waals surface area contributed by atoms with E-state index in [2.05, 4.69) is 5.32 Å². The minimum atomic E-state index is -0.887. The summed E-state index contributed by atoms with van der Waals surface area (Å²) in [5, 5.41) is 21.2. The van der Waals surface area contributed by atoms with E-state index < -0.39 is 11.9 Å². The van der Waals surface area contributed by atoms with Gasteiger partial charge in [-0.2, -0.15) is 0 Å². The predicted octanol–water partition coefficient (Wildman–Crippen LogP) is 1.46. The molecule has 0 heterocycles. The Balaban J connectivity index is 2.05. The topological polar surface area (TPSA) is 86.6 Å². The highest BCUT2D eigenvalue weighted by atomic mass is 16.4. The molecule has 19 heavy (non-hydrogen) atoms. The van der Waals surface area contributed by atoms with Crippen LogP contribution in [-0.4, -0.2) is 28.1 Å². The second kappa shape index (κ2) is 5.14. The van der Waals surface area contributed by atoms with E-state index in [1.807, 2.05) is 0 Å². The Bertz CT molecular complexity index is 550. The van der Waals surface area contributed by atoms with Crippen LogP contribution in [0.2, 0.25) is 0 Å². The summed E-state index contributed by atoms with van der Waals surface area (Å²) in [6.07, 6.45) is 3.64. The minimum Gasteiger partial charge on any atom is -0.508 e. The Morgan fingerprint density at radius 2 is 2.05 bits per heavy atom. The van der Waals surface area contributed by atoms with Crippen LogP contribution in [0.1, 0.15) is 22.3 Å². The molecule has 0 radical (unpaired) electrons. The highest BCUT2D eigenvalue weighted by Crippen LogP contribution is 2.21. The molecule has 0 spiro atoms. The predicted molar refractivity (Wildman–Crippen MR) is 69.0 cm³/mol. The van der Waals surface area contributed by atoms with E-state index in [-0.39, 0.29) is 17.7 Å². The van der Waals surface area contributed by atoms with E-state index >= 15 is 0 Å². The van der Waals surface area contributed by atoms with E-state index in [0.717, 1.165) is 0 Å². The van der Waals surface area contributed by atoms with Gasteiger partial charge in [0.1, 0.15) is 5.75 Å². The summed E-state index contributed by atoms with van der Waals surface area (Å²) in [5.41, 5.74) is 0.906. The van der Waals surface area contributed by atoms with Crippen molar-refractivity contribution in [3.63, 3.8) is 0 Å². The summed E-state index contributed by atoms with van der Waals surface area (Å²) in [6, 6.07) is 4.46. The first-order chi connectivity index (χ1) is 8.99. The van der Waals surface area contributed by atoms with Gasteiger partial charge in [0.2, 0.25) is 0 Å². The van der Waals surface area contributed by atoms with Crippen molar-refractivity contribution in [3.8, 4) is 5.75 Å². The van der Waals surface area contributed by atoms with Gasteiger partial charge in [-0.1, -0.05) is 18.2 Å². The Morgan fingerprint density at radius 3 is 2.68 bits per heavy atom. The lowest BCUT2D eigenvalue weighted by Crippen LogP contribution is -2.33. The third-order valence-corrected chi connectivity index (χ3v) is 3.27. The second-order valence-corrected chi connectivity index (χ2v) is 4.59. The smallest absolute Gasteiger partial charge is 0.310 e. The van der Waals surface area contributed by atoms with E-state index in [4.69, 9.17) is 5.11 Å². The Labute approximate surface area is 110 Å². The molecule has 2 unspecified atom stereocenters. The molecule has 0 fully saturated rings. The first kappa shape index (κ1) is 13.1. The number of carbonyl (C=O) groups is 2. The van der Waals surface area contributed by atoms with Crippen LogP contribution in [0.25, 0.3) is 0 Å². The molecule has 0 aromatic heterocycles. The molecule has 0 saturated heterocycles. The fourth-order valence-corrected chi connectivity index (χ4v) is 2.10. The highest BCUT2D eigenvalue weighted by Gasteiger charge is 2.26. The SMILES string of the molecule is Cc1c(O)cccc1C(=O)NC1C=CC(C(=O)O)C1. The van der Waals surface area contributed by atoms with E-state index in [9.17, 15) is 14.7 Å². The fraction of sp³-hybridized carbons (Fsp3) is 0.286. The first-order valence-electron chi connectivity index (χ1n) is 5.99. The average molecular weight is 261 g/mol. The third kappa shape index (κ3) is 2.76. The van der Waals surface area contributed by atoms with Crippen LogP contribution in [0.4, 0.5) is 0 Å². The van der Waals surface area contributed by atoms with Gasteiger partial charge in [-0.25, -0.2) is 0 Å². The summed E-state index contributed by atoms with van der Waals surface area (Å²) < 4.78 is 0. The van der Waals surface area contributed by atoms with Crippen LogP contribution < -0.4 is 5.32 Å².